The lowest BCUT2D eigenvalue weighted by Gasteiger charge is -2.22. The van der Waals surface area contributed by atoms with Crippen LogP contribution in [-0.4, -0.2) is 13.1 Å². The molecule has 1 aliphatic rings. The lowest BCUT2D eigenvalue weighted by Crippen LogP contribution is -2.34. The highest BCUT2D eigenvalue weighted by Gasteiger charge is 2.10. The molecule has 1 N–H and O–H groups in total. The average molecular weight is 125 g/mol. The molecule has 1 heteroatoms. The first kappa shape index (κ1) is 6.81. The van der Waals surface area contributed by atoms with Crippen molar-refractivity contribution in [2.45, 2.75) is 26.7 Å². The Morgan fingerprint density at radius 3 is 2.00 bits per heavy atom. The summed E-state index contributed by atoms with van der Waals surface area (Å²) in [6, 6.07) is 0. The van der Waals surface area contributed by atoms with Crippen LogP contribution < -0.4 is 5.32 Å². The molecular weight excluding hydrogens is 110 g/mol. The summed E-state index contributed by atoms with van der Waals surface area (Å²) in [4.78, 5) is 0. The number of allylic oxidation sites excluding steroid dienone is 1. The van der Waals surface area contributed by atoms with Gasteiger partial charge in [-0.15, -0.1) is 0 Å². The van der Waals surface area contributed by atoms with Crippen LogP contribution in [-0.2, 0) is 0 Å². The predicted octanol–water partition coefficient (Wildman–Crippen LogP) is 1.71. The fourth-order valence-electron chi connectivity index (χ4n) is 1.25. The zero-order valence-electron chi connectivity index (χ0n) is 6.33. The Morgan fingerprint density at radius 2 is 1.89 bits per heavy atom. The second-order valence-electron chi connectivity index (χ2n) is 2.52. The molecular formula is C8H15N. The summed E-state index contributed by atoms with van der Waals surface area (Å²) in [6.07, 6.45) is 2.49. The molecule has 1 fully saturated rings. The zero-order valence-corrected chi connectivity index (χ0v) is 6.33. The molecule has 1 rings (SSSR count). The molecule has 0 spiro atoms. The van der Waals surface area contributed by atoms with E-state index in [1.165, 1.54) is 12.8 Å². The second-order valence-corrected chi connectivity index (χ2v) is 2.52. The third-order valence-electron chi connectivity index (χ3n) is 2.03. The van der Waals surface area contributed by atoms with Crippen molar-refractivity contribution >= 4 is 0 Å². The van der Waals surface area contributed by atoms with Gasteiger partial charge in [-0.05, 0) is 18.4 Å². The number of nitrogens with one attached hydrogen (secondary N) is 1. The van der Waals surface area contributed by atoms with Gasteiger partial charge in [0, 0.05) is 13.1 Å². The van der Waals surface area contributed by atoms with Crippen LogP contribution in [0.3, 0.4) is 0 Å². The van der Waals surface area contributed by atoms with Crippen molar-refractivity contribution in [1.29, 1.82) is 0 Å². The standard InChI is InChI=1S/C8H15N/c1-3-7(4-2)8-5-9-6-8/h9H,3-6H2,1-2H3. The van der Waals surface area contributed by atoms with Gasteiger partial charge >= 0.3 is 0 Å². The maximum absolute atomic E-state index is 3.25. The fraction of sp³-hybridized carbons (Fsp3) is 0.750. The fourth-order valence-corrected chi connectivity index (χ4v) is 1.25. The SMILES string of the molecule is CCC(CC)=C1CNC1. The highest BCUT2D eigenvalue weighted by Crippen LogP contribution is 2.15. The maximum Gasteiger partial charge on any atom is 0.0183 e. The third-order valence-corrected chi connectivity index (χ3v) is 2.03. The molecule has 0 atom stereocenters. The van der Waals surface area contributed by atoms with Gasteiger partial charge in [-0.25, -0.2) is 0 Å². The van der Waals surface area contributed by atoms with Crippen LogP contribution in [0, 0.1) is 0 Å². The van der Waals surface area contributed by atoms with Crippen LogP contribution in [0.4, 0.5) is 0 Å². The summed E-state index contributed by atoms with van der Waals surface area (Å²) in [7, 11) is 0. The minimum Gasteiger partial charge on any atom is -0.309 e. The minimum absolute atomic E-state index is 1.15. The molecule has 1 saturated heterocycles. The first-order chi connectivity index (χ1) is 4.38. The Kier molecular flexibility index (Phi) is 2.29. The van der Waals surface area contributed by atoms with E-state index in [9.17, 15) is 0 Å². The lowest BCUT2D eigenvalue weighted by molar-refractivity contribution is 0.645. The van der Waals surface area contributed by atoms with Crippen LogP contribution >= 0.6 is 0 Å². The van der Waals surface area contributed by atoms with Gasteiger partial charge < -0.3 is 5.32 Å². The predicted molar refractivity (Wildman–Crippen MR) is 40.5 cm³/mol. The minimum atomic E-state index is 1.15. The van der Waals surface area contributed by atoms with Crippen LogP contribution in [0.5, 0.6) is 0 Å². The Hall–Kier alpha value is -0.300. The van der Waals surface area contributed by atoms with Crippen LogP contribution in [0.15, 0.2) is 11.1 Å². The molecule has 0 radical (unpaired) electrons. The van der Waals surface area contributed by atoms with E-state index >= 15 is 0 Å². The van der Waals surface area contributed by atoms with Gasteiger partial charge in [0.1, 0.15) is 0 Å². The van der Waals surface area contributed by atoms with E-state index in [1.54, 1.807) is 11.1 Å². The van der Waals surface area contributed by atoms with Gasteiger partial charge in [0.2, 0.25) is 0 Å². The number of hydrogen-bond acceptors (Lipinski definition) is 1. The maximum atomic E-state index is 3.25. The first-order valence-electron chi connectivity index (χ1n) is 3.79. The molecule has 0 saturated carbocycles. The molecule has 0 unspecified atom stereocenters. The van der Waals surface area contributed by atoms with Gasteiger partial charge in [0.25, 0.3) is 0 Å². The molecule has 0 aromatic rings. The van der Waals surface area contributed by atoms with Crippen molar-refractivity contribution in [3.05, 3.63) is 11.1 Å². The zero-order chi connectivity index (χ0) is 6.69. The summed E-state index contributed by atoms with van der Waals surface area (Å²) in [5.74, 6) is 0. The van der Waals surface area contributed by atoms with Crippen molar-refractivity contribution in [2.75, 3.05) is 13.1 Å². The van der Waals surface area contributed by atoms with Crippen molar-refractivity contribution in [3.63, 3.8) is 0 Å². The molecule has 0 aromatic carbocycles. The summed E-state index contributed by atoms with van der Waals surface area (Å²) >= 11 is 0. The summed E-state index contributed by atoms with van der Waals surface area (Å²) in [6.45, 7) is 6.78. The van der Waals surface area contributed by atoms with Crippen LogP contribution in [0.25, 0.3) is 0 Å². The van der Waals surface area contributed by atoms with Crippen LogP contribution in [0.1, 0.15) is 26.7 Å². The van der Waals surface area contributed by atoms with Crippen molar-refractivity contribution in [2.24, 2.45) is 0 Å². The topological polar surface area (TPSA) is 12.0 Å². The Morgan fingerprint density at radius 1 is 1.33 bits per heavy atom. The molecule has 0 amide bonds. The van der Waals surface area contributed by atoms with Crippen LogP contribution in [0.2, 0.25) is 0 Å². The smallest absolute Gasteiger partial charge is 0.0183 e. The summed E-state index contributed by atoms with van der Waals surface area (Å²) in [5.41, 5.74) is 3.31. The van der Waals surface area contributed by atoms with Gasteiger partial charge in [0.05, 0.1) is 0 Å². The van der Waals surface area contributed by atoms with E-state index in [2.05, 4.69) is 19.2 Å². The van der Waals surface area contributed by atoms with E-state index in [0.717, 1.165) is 13.1 Å². The van der Waals surface area contributed by atoms with Gasteiger partial charge in [-0.3, -0.25) is 0 Å². The highest BCUT2D eigenvalue weighted by atomic mass is 14.9. The van der Waals surface area contributed by atoms with Gasteiger partial charge in [-0.1, -0.05) is 19.4 Å². The Balaban J connectivity index is 2.51. The normalized spacial score (nSPS) is 17.3. The molecule has 0 bridgehead atoms. The molecule has 1 heterocycles. The molecule has 9 heavy (non-hydrogen) atoms. The van der Waals surface area contributed by atoms with E-state index in [-0.39, 0.29) is 0 Å². The lowest BCUT2D eigenvalue weighted by atomic mass is 9.99. The summed E-state index contributed by atoms with van der Waals surface area (Å²) < 4.78 is 0. The van der Waals surface area contributed by atoms with E-state index in [1.807, 2.05) is 0 Å². The highest BCUT2D eigenvalue weighted by molar-refractivity contribution is 5.22. The van der Waals surface area contributed by atoms with Crippen molar-refractivity contribution in [1.82, 2.24) is 5.32 Å². The Labute approximate surface area is 57.1 Å². The summed E-state index contributed by atoms with van der Waals surface area (Å²) in [5, 5.41) is 3.25. The van der Waals surface area contributed by atoms with Crippen molar-refractivity contribution in [3.8, 4) is 0 Å². The Bertz CT molecular complexity index is 113. The molecule has 52 valence electrons. The van der Waals surface area contributed by atoms with E-state index < -0.39 is 0 Å². The third kappa shape index (κ3) is 1.33. The van der Waals surface area contributed by atoms with Gasteiger partial charge in [-0.2, -0.15) is 0 Å². The molecule has 1 nitrogen and oxygen atoms in total. The molecule has 0 aromatic heterocycles. The molecule has 0 aliphatic carbocycles. The first-order valence-corrected chi connectivity index (χ1v) is 3.79. The quantitative estimate of drug-likeness (QED) is 0.554. The second kappa shape index (κ2) is 3.02. The number of rotatable bonds is 2. The average Bonchev–Trinajstić information content (AvgIpc) is 1.78. The largest absolute Gasteiger partial charge is 0.309 e. The van der Waals surface area contributed by atoms with Crippen molar-refractivity contribution < 1.29 is 0 Å². The molecule has 1 aliphatic heterocycles. The van der Waals surface area contributed by atoms with E-state index in [4.69, 9.17) is 0 Å². The van der Waals surface area contributed by atoms with Gasteiger partial charge in [0.15, 0.2) is 0 Å². The van der Waals surface area contributed by atoms with E-state index in [0.29, 0.717) is 0 Å². The number of hydrogen-bond donors (Lipinski definition) is 1. The monoisotopic (exact) mass is 125 g/mol.